The van der Waals surface area contributed by atoms with E-state index in [1.54, 1.807) is 14.2 Å². The number of benzene rings is 2. The Morgan fingerprint density at radius 3 is 2.42 bits per heavy atom. The number of guanidine groups is 1. The van der Waals surface area contributed by atoms with Gasteiger partial charge in [-0.3, -0.25) is 4.99 Å². The van der Waals surface area contributed by atoms with Crippen LogP contribution in [-0.4, -0.2) is 39.8 Å². The smallest absolute Gasteiger partial charge is 0.191 e. The van der Waals surface area contributed by atoms with Gasteiger partial charge in [-0.25, -0.2) is 0 Å². The van der Waals surface area contributed by atoms with Gasteiger partial charge in [0.2, 0.25) is 0 Å². The van der Waals surface area contributed by atoms with Crippen molar-refractivity contribution in [2.24, 2.45) is 4.99 Å². The van der Waals surface area contributed by atoms with Crippen LogP contribution >= 0.6 is 0 Å². The molecule has 5 nitrogen and oxygen atoms in total. The molecule has 0 aliphatic rings. The minimum Gasteiger partial charge on any atom is -0.383 e. The van der Waals surface area contributed by atoms with E-state index in [1.165, 1.54) is 11.1 Å². The molecule has 0 bridgehead atoms. The summed E-state index contributed by atoms with van der Waals surface area (Å²) in [5.74, 6) is 1.24. The van der Waals surface area contributed by atoms with Crippen LogP contribution in [0.3, 0.4) is 0 Å². The van der Waals surface area contributed by atoms with Crippen molar-refractivity contribution in [3.05, 3.63) is 65.7 Å². The molecule has 1 unspecified atom stereocenters. The summed E-state index contributed by atoms with van der Waals surface area (Å²) >= 11 is 0. The Balaban J connectivity index is 1.76. The van der Waals surface area contributed by atoms with E-state index in [4.69, 9.17) is 4.74 Å². The van der Waals surface area contributed by atoms with Gasteiger partial charge in [0.25, 0.3) is 0 Å². The summed E-state index contributed by atoms with van der Waals surface area (Å²) in [4.78, 5) is 4.30. The molecule has 0 aliphatic heterocycles. The summed E-state index contributed by atoms with van der Waals surface area (Å²) in [5.41, 5.74) is 3.64. The van der Waals surface area contributed by atoms with Crippen molar-refractivity contribution < 1.29 is 4.74 Å². The van der Waals surface area contributed by atoms with Crippen molar-refractivity contribution in [1.29, 1.82) is 0 Å². The summed E-state index contributed by atoms with van der Waals surface area (Å²) in [6, 6.07) is 18.9. The van der Waals surface area contributed by atoms with Crippen molar-refractivity contribution in [3.63, 3.8) is 0 Å². The molecular formula is C21H30N4O. The number of ether oxygens (including phenoxy) is 1. The molecule has 26 heavy (non-hydrogen) atoms. The summed E-state index contributed by atoms with van der Waals surface area (Å²) in [6.45, 7) is 5.30. The Kier molecular flexibility index (Phi) is 8.49. The minimum absolute atomic E-state index is 0.423. The largest absolute Gasteiger partial charge is 0.383 e. The van der Waals surface area contributed by atoms with Crippen LogP contribution in [0.25, 0.3) is 0 Å². The highest BCUT2D eigenvalue weighted by atomic mass is 16.5. The quantitative estimate of drug-likeness (QED) is 0.368. The Hall–Kier alpha value is -2.53. The van der Waals surface area contributed by atoms with Crippen LogP contribution in [0.1, 0.15) is 24.0 Å². The fourth-order valence-corrected chi connectivity index (χ4v) is 2.59. The van der Waals surface area contributed by atoms with E-state index in [9.17, 15) is 0 Å². The highest BCUT2D eigenvalue weighted by molar-refractivity contribution is 5.79. The Morgan fingerprint density at radius 2 is 1.77 bits per heavy atom. The van der Waals surface area contributed by atoms with Crippen molar-refractivity contribution in [1.82, 2.24) is 10.6 Å². The van der Waals surface area contributed by atoms with E-state index in [-0.39, 0.29) is 0 Å². The lowest BCUT2D eigenvalue weighted by atomic mass is 10.0. The first-order valence-corrected chi connectivity index (χ1v) is 9.04. The normalized spacial score (nSPS) is 12.5. The van der Waals surface area contributed by atoms with E-state index in [2.05, 4.69) is 76.4 Å². The van der Waals surface area contributed by atoms with Crippen LogP contribution in [0.4, 0.5) is 5.69 Å². The molecule has 0 amide bonds. The van der Waals surface area contributed by atoms with Gasteiger partial charge in [-0.1, -0.05) is 49.4 Å². The molecule has 3 N–H and O–H groups in total. The first kappa shape index (κ1) is 19.8. The molecule has 5 heteroatoms. The standard InChI is InChI=1S/C21H30N4O/c1-17(19-7-5-4-6-8-19)15-24-21(22-2)25-16-18-9-11-20(12-10-18)23-13-14-26-3/h4-12,17,23H,13-16H2,1-3H3,(H2,22,24,25). The average molecular weight is 354 g/mol. The maximum absolute atomic E-state index is 5.04. The lowest BCUT2D eigenvalue weighted by Crippen LogP contribution is -2.38. The number of nitrogens with one attached hydrogen (secondary N) is 3. The molecule has 2 aromatic rings. The average Bonchev–Trinajstić information content (AvgIpc) is 2.70. The first-order valence-electron chi connectivity index (χ1n) is 9.04. The molecule has 0 aromatic heterocycles. The van der Waals surface area contributed by atoms with Crippen LogP contribution in [0.2, 0.25) is 0 Å². The summed E-state index contributed by atoms with van der Waals surface area (Å²) in [7, 11) is 3.50. The highest BCUT2D eigenvalue weighted by Gasteiger charge is 2.06. The number of nitrogens with zero attached hydrogens (tertiary/aromatic N) is 1. The van der Waals surface area contributed by atoms with Crippen molar-refractivity contribution >= 4 is 11.6 Å². The van der Waals surface area contributed by atoms with Gasteiger partial charge < -0.3 is 20.7 Å². The molecule has 0 saturated carbocycles. The van der Waals surface area contributed by atoms with Gasteiger partial charge in [-0.15, -0.1) is 0 Å². The number of anilines is 1. The second-order valence-electron chi connectivity index (χ2n) is 6.23. The van der Waals surface area contributed by atoms with Gasteiger partial charge >= 0.3 is 0 Å². The van der Waals surface area contributed by atoms with Crippen LogP contribution in [0.15, 0.2) is 59.6 Å². The third-order valence-electron chi connectivity index (χ3n) is 4.22. The van der Waals surface area contributed by atoms with Crippen LogP contribution < -0.4 is 16.0 Å². The highest BCUT2D eigenvalue weighted by Crippen LogP contribution is 2.13. The fourth-order valence-electron chi connectivity index (χ4n) is 2.59. The van der Waals surface area contributed by atoms with Gasteiger partial charge in [0.15, 0.2) is 5.96 Å². The lowest BCUT2D eigenvalue weighted by molar-refractivity contribution is 0.211. The number of methoxy groups -OCH3 is 1. The monoisotopic (exact) mass is 354 g/mol. The third-order valence-corrected chi connectivity index (χ3v) is 4.22. The molecule has 1 atom stereocenters. The number of hydrogen-bond donors (Lipinski definition) is 3. The number of rotatable bonds is 9. The minimum atomic E-state index is 0.423. The summed E-state index contributed by atoms with van der Waals surface area (Å²) < 4.78 is 5.04. The predicted octanol–water partition coefficient (Wildman–Crippen LogP) is 3.21. The van der Waals surface area contributed by atoms with E-state index < -0.39 is 0 Å². The van der Waals surface area contributed by atoms with Gasteiger partial charge in [-0.05, 0) is 29.2 Å². The van der Waals surface area contributed by atoms with Crippen LogP contribution in [0.5, 0.6) is 0 Å². The maximum atomic E-state index is 5.04. The molecule has 0 heterocycles. The number of aliphatic imine (C=N–C) groups is 1. The van der Waals surface area contributed by atoms with Crippen LogP contribution in [0, 0.1) is 0 Å². The second-order valence-corrected chi connectivity index (χ2v) is 6.23. The molecule has 0 aliphatic carbocycles. The second kappa shape index (κ2) is 11.2. The first-order chi connectivity index (χ1) is 12.7. The van der Waals surface area contributed by atoms with Gasteiger partial charge in [0.05, 0.1) is 6.61 Å². The van der Waals surface area contributed by atoms with Crippen molar-refractivity contribution in [2.75, 3.05) is 39.2 Å². The van der Waals surface area contributed by atoms with E-state index >= 15 is 0 Å². The molecule has 0 radical (unpaired) electrons. The van der Waals surface area contributed by atoms with Gasteiger partial charge in [-0.2, -0.15) is 0 Å². The zero-order valence-corrected chi connectivity index (χ0v) is 16.0. The predicted molar refractivity (Wildman–Crippen MR) is 110 cm³/mol. The third kappa shape index (κ3) is 6.76. The maximum Gasteiger partial charge on any atom is 0.191 e. The van der Waals surface area contributed by atoms with E-state index in [1.807, 2.05) is 6.07 Å². The molecule has 0 fully saturated rings. The Labute approximate surface area is 156 Å². The summed E-state index contributed by atoms with van der Waals surface area (Å²) in [5, 5.41) is 10.1. The topological polar surface area (TPSA) is 57.7 Å². The Morgan fingerprint density at radius 1 is 1.04 bits per heavy atom. The zero-order chi connectivity index (χ0) is 18.6. The summed E-state index contributed by atoms with van der Waals surface area (Å²) in [6.07, 6.45) is 0. The van der Waals surface area contributed by atoms with Crippen molar-refractivity contribution in [2.45, 2.75) is 19.4 Å². The zero-order valence-electron chi connectivity index (χ0n) is 16.0. The van der Waals surface area contributed by atoms with Gasteiger partial charge in [0.1, 0.15) is 0 Å². The molecule has 2 rings (SSSR count). The Bertz CT molecular complexity index is 655. The van der Waals surface area contributed by atoms with E-state index in [0.29, 0.717) is 12.5 Å². The fraction of sp³-hybridized carbons (Fsp3) is 0.381. The molecule has 0 saturated heterocycles. The number of hydrogen-bond acceptors (Lipinski definition) is 3. The SMILES string of the molecule is CN=C(NCc1ccc(NCCOC)cc1)NCC(C)c1ccccc1. The van der Waals surface area contributed by atoms with Crippen molar-refractivity contribution in [3.8, 4) is 0 Å². The van der Waals surface area contributed by atoms with E-state index in [0.717, 1.165) is 31.3 Å². The molecule has 140 valence electrons. The molecule has 2 aromatic carbocycles. The molecule has 0 spiro atoms. The molecular weight excluding hydrogens is 324 g/mol. The van der Waals surface area contributed by atoms with Crippen LogP contribution in [-0.2, 0) is 11.3 Å². The van der Waals surface area contributed by atoms with Gasteiger partial charge in [0, 0.05) is 39.5 Å². The lowest BCUT2D eigenvalue weighted by Gasteiger charge is -2.16.